The summed E-state index contributed by atoms with van der Waals surface area (Å²) in [6, 6.07) is 40.2. The van der Waals surface area contributed by atoms with Crippen molar-refractivity contribution in [3.05, 3.63) is 295 Å². The lowest BCUT2D eigenvalue weighted by atomic mass is 9.59. The van der Waals surface area contributed by atoms with Gasteiger partial charge in [-0.25, -0.2) is 0 Å². The fourth-order valence-corrected chi connectivity index (χ4v) is 12.2. The van der Waals surface area contributed by atoms with Crippen LogP contribution in [-0.2, 0) is 6.42 Å². The highest BCUT2D eigenvalue weighted by atomic mass is 16.3. The Balaban J connectivity index is 1.09. The zero-order valence-electron chi connectivity index (χ0n) is 39.4. The van der Waals surface area contributed by atoms with Crippen LogP contribution in [-0.4, -0.2) is 10.2 Å². The molecule has 2 bridgehead atoms. The van der Waals surface area contributed by atoms with E-state index in [1.807, 2.05) is 43.3 Å². The van der Waals surface area contributed by atoms with E-state index in [0.29, 0.717) is 17.9 Å². The number of phenolic OH excluding ortho intramolecular Hbond substituents is 2. The Bertz CT molecular complexity index is 3450. The first-order valence-corrected chi connectivity index (χ1v) is 24.3. The van der Waals surface area contributed by atoms with Gasteiger partial charge in [-0.05, 0) is 124 Å². The predicted octanol–water partition coefficient (Wildman–Crippen LogP) is 15.0. The predicted molar refractivity (Wildman–Crippen MR) is 283 cm³/mol. The van der Waals surface area contributed by atoms with Crippen molar-refractivity contribution in [2.45, 2.75) is 63.2 Å². The third-order valence-electron chi connectivity index (χ3n) is 15.1. The molecule has 6 atom stereocenters. The van der Waals surface area contributed by atoms with E-state index < -0.39 is 0 Å². The molecule has 69 heavy (non-hydrogen) atoms. The summed E-state index contributed by atoms with van der Waals surface area (Å²) in [7, 11) is 0. The fourth-order valence-electron chi connectivity index (χ4n) is 12.2. The van der Waals surface area contributed by atoms with Gasteiger partial charge in [0.1, 0.15) is 11.5 Å². The zero-order valence-corrected chi connectivity index (χ0v) is 39.4. The molecule has 334 valence electrons. The highest BCUT2D eigenvalue weighted by Gasteiger charge is 2.43. The SMILES string of the molecule is C=C/C=C\C1=C(C)C2c3ccccc3C1c1c(C#Cc3ccc(O)c4c3C(C)C=C(/C=C\C=C/C)C4C3C=CC=CC3)ccc(C#Cc3ccc(O)c4c3C(c3ccccc3)c3ccccc3C4)c12. The number of benzene rings is 6. The molecular formula is C67H54O2. The summed E-state index contributed by atoms with van der Waals surface area (Å²) in [5.74, 6) is 15.7. The summed E-state index contributed by atoms with van der Waals surface area (Å²) in [6.45, 7) is 10.6. The van der Waals surface area contributed by atoms with Crippen LogP contribution in [0, 0.1) is 29.6 Å². The Morgan fingerprint density at radius 2 is 1.22 bits per heavy atom. The Morgan fingerprint density at radius 3 is 1.91 bits per heavy atom. The van der Waals surface area contributed by atoms with Gasteiger partial charge in [-0.3, -0.25) is 0 Å². The van der Waals surface area contributed by atoms with Crippen molar-refractivity contribution in [1.29, 1.82) is 0 Å². The summed E-state index contributed by atoms with van der Waals surface area (Å²) in [5.41, 5.74) is 20.4. The van der Waals surface area contributed by atoms with Gasteiger partial charge < -0.3 is 10.2 Å². The molecule has 0 aromatic heterocycles. The molecule has 2 heteroatoms. The molecule has 2 nitrogen and oxygen atoms in total. The fraction of sp³-hybridized carbons (Fsp3) is 0.164. The molecule has 0 radical (unpaired) electrons. The van der Waals surface area contributed by atoms with Crippen molar-refractivity contribution < 1.29 is 10.2 Å². The first-order chi connectivity index (χ1) is 33.9. The van der Waals surface area contributed by atoms with E-state index in [4.69, 9.17) is 0 Å². The summed E-state index contributed by atoms with van der Waals surface area (Å²) in [5, 5.41) is 23.3. The largest absolute Gasteiger partial charge is 0.508 e. The summed E-state index contributed by atoms with van der Waals surface area (Å²) < 4.78 is 0. The zero-order chi connectivity index (χ0) is 47.2. The minimum atomic E-state index is -0.0715. The van der Waals surface area contributed by atoms with E-state index >= 15 is 0 Å². The van der Waals surface area contributed by atoms with Gasteiger partial charge in [-0.1, -0.05) is 195 Å². The average molecular weight is 891 g/mol. The lowest BCUT2D eigenvalue weighted by Gasteiger charge is -2.43. The standard InChI is InChI=1S/C67H54O2/c1-5-7-11-25-51-40-42(3)59-46(37-39-58(69)67(59)61(51)44-20-12-9-13-21-44)30-32-49-35-34-48(64-60-43(4)52(26-8-6-2)66(65(49)64)55-29-19-18-28-54(55)60)33-31-47-36-38-57(68)56-41-50-24-16-17-27-53(50)62(63(47)56)45-22-14-10-15-23-45/h5-20,22-29,34-40,42,44,60-62,66,68-69H,2,21,41H2,1,3-4H3/b7-5-,25-11-,26-8-. The third kappa shape index (κ3) is 7.49. The molecule has 12 rings (SSSR count). The van der Waals surface area contributed by atoms with Crippen LogP contribution in [0.25, 0.3) is 0 Å². The Kier molecular flexibility index (Phi) is 11.5. The number of phenols is 2. The van der Waals surface area contributed by atoms with Crippen LogP contribution >= 0.6 is 0 Å². The van der Waals surface area contributed by atoms with Gasteiger partial charge in [0.25, 0.3) is 0 Å². The first kappa shape index (κ1) is 43.5. The lowest BCUT2D eigenvalue weighted by Crippen LogP contribution is -2.28. The van der Waals surface area contributed by atoms with Crippen molar-refractivity contribution in [3.8, 4) is 35.2 Å². The summed E-state index contributed by atoms with van der Waals surface area (Å²) >= 11 is 0. The molecule has 0 spiro atoms. The second-order valence-electron chi connectivity index (χ2n) is 19.0. The number of allylic oxidation sites excluding steroid dienone is 15. The van der Waals surface area contributed by atoms with Crippen LogP contribution in [0.15, 0.2) is 211 Å². The van der Waals surface area contributed by atoms with Crippen molar-refractivity contribution in [2.24, 2.45) is 5.92 Å². The number of hydrogen-bond acceptors (Lipinski definition) is 2. The van der Waals surface area contributed by atoms with Crippen LogP contribution in [0.1, 0.15) is 140 Å². The van der Waals surface area contributed by atoms with Gasteiger partial charge >= 0.3 is 0 Å². The van der Waals surface area contributed by atoms with E-state index in [0.717, 1.165) is 50.9 Å². The molecule has 0 amide bonds. The Hall–Kier alpha value is -8.04. The molecule has 0 fully saturated rings. The summed E-state index contributed by atoms with van der Waals surface area (Å²) in [4.78, 5) is 0. The van der Waals surface area contributed by atoms with Crippen LogP contribution in [0.2, 0.25) is 0 Å². The van der Waals surface area contributed by atoms with Crippen molar-refractivity contribution in [3.63, 3.8) is 0 Å². The molecule has 6 aromatic rings. The van der Waals surface area contributed by atoms with Gasteiger partial charge in [-0.2, -0.15) is 0 Å². The maximum absolute atomic E-state index is 11.8. The maximum atomic E-state index is 11.8. The molecule has 6 aliphatic rings. The Labute approximate surface area is 407 Å². The van der Waals surface area contributed by atoms with E-state index in [-0.39, 0.29) is 35.5 Å². The van der Waals surface area contributed by atoms with Crippen LogP contribution in [0.3, 0.4) is 0 Å². The van der Waals surface area contributed by atoms with Gasteiger partial charge in [0.05, 0.1) is 0 Å². The minimum absolute atomic E-state index is 0.0114. The number of hydrogen-bond donors (Lipinski definition) is 2. The average Bonchev–Trinajstić information content (AvgIpc) is 3.38. The maximum Gasteiger partial charge on any atom is 0.119 e. The van der Waals surface area contributed by atoms with Crippen molar-refractivity contribution in [1.82, 2.24) is 0 Å². The molecular weight excluding hydrogens is 837 g/mol. The third-order valence-corrected chi connectivity index (χ3v) is 15.1. The molecule has 6 unspecified atom stereocenters. The molecule has 0 heterocycles. The quantitative estimate of drug-likeness (QED) is 0.129. The number of aromatic hydroxyl groups is 2. The Morgan fingerprint density at radius 1 is 0.594 bits per heavy atom. The lowest BCUT2D eigenvalue weighted by molar-refractivity contribution is 0.448. The van der Waals surface area contributed by atoms with E-state index in [9.17, 15) is 10.2 Å². The second-order valence-corrected chi connectivity index (χ2v) is 19.0. The van der Waals surface area contributed by atoms with Crippen molar-refractivity contribution >= 4 is 0 Å². The highest BCUT2D eigenvalue weighted by molar-refractivity contribution is 5.75. The van der Waals surface area contributed by atoms with Crippen LogP contribution in [0.5, 0.6) is 11.5 Å². The van der Waals surface area contributed by atoms with Gasteiger partial charge in [0.15, 0.2) is 0 Å². The monoisotopic (exact) mass is 890 g/mol. The normalized spacial score (nSPS) is 21.4. The number of fused-ring (bicyclic) bond motifs is 3. The van der Waals surface area contributed by atoms with Crippen molar-refractivity contribution in [2.75, 3.05) is 0 Å². The minimum Gasteiger partial charge on any atom is -0.508 e. The van der Waals surface area contributed by atoms with Crippen LogP contribution < -0.4 is 0 Å². The summed E-state index contributed by atoms with van der Waals surface area (Å²) in [6.07, 6.45) is 27.3. The topological polar surface area (TPSA) is 40.5 Å². The number of rotatable bonds is 6. The molecule has 6 aliphatic carbocycles. The highest BCUT2D eigenvalue weighted by Crippen LogP contribution is 2.58. The van der Waals surface area contributed by atoms with Gasteiger partial charge in [-0.15, -0.1) is 0 Å². The smallest absolute Gasteiger partial charge is 0.119 e. The van der Waals surface area contributed by atoms with E-state index in [2.05, 4.69) is 196 Å². The second kappa shape index (κ2) is 18.2. The molecule has 0 aliphatic heterocycles. The van der Waals surface area contributed by atoms with E-state index in [1.165, 1.54) is 55.7 Å². The van der Waals surface area contributed by atoms with Gasteiger partial charge in [0, 0.05) is 69.4 Å². The van der Waals surface area contributed by atoms with Crippen LogP contribution in [0.4, 0.5) is 0 Å². The molecule has 0 saturated carbocycles. The molecule has 6 aromatic carbocycles. The van der Waals surface area contributed by atoms with E-state index in [1.54, 1.807) is 0 Å². The first-order valence-electron chi connectivity index (χ1n) is 24.3. The molecule has 0 saturated heterocycles. The molecule has 2 N–H and O–H groups in total. The van der Waals surface area contributed by atoms with Gasteiger partial charge in [0.2, 0.25) is 0 Å².